The van der Waals surface area contributed by atoms with E-state index < -0.39 is 28.3 Å². The molecule has 32 heavy (non-hydrogen) atoms. The summed E-state index contributed by atoms with van der Waals surface area (Å²) >= 11 is 6.06. The van der Waals surface area contributed by atoms with Crippen LogP contribution >= 0.6 is 11.6 Å². The third-order valence-corrected chi connectivity index (χ3v) is 8.34. The van der Waals surface area contributed by atoms with E-state index in [1.54, 1.807) is 24.3 Å². The molecule has 2 heterocycles. The third kappa shape index (κ3) is 4.23. The van der Waals surface area contributed by atoms with Crippen molar-refractivity contribution in [1.29, 1.82) is 0 Å². The van der Waals surface area contributed by atoms with Crippen LogP contribution in [-0.4, -0.2) is 38.8 Å². The van der Waals surface area contributed by atoms with Crippen LogP contribution in [0.2, 0.25) is 5.02 Å². The lowest BCUT2D eigenvalue weighted by Gasteiger charge is -2.42. The Morgan fingerprint density at radius 1 is 1.00 bits per heavy atom. The van der Waals surface area contributed by atoms with Crippen molar-refractivity contribution in [3.63, 3.8) is 0 Å². The van der Waals surface area contributed by atoms with Crippen LogP contribution in [0, 0.1) is 0 Å². The molecular formula is C22H30BClN2O5S. The molecule has 1 aliphatic heterocycles. The molecule has 0 bridgehead atoms. The van der Waals surface area contributed by atoms with Gasteiger partial charge in [-0.2, -0.15) is 4.98 Å². The highest BCUT2D eigenvalue weighted by Crippen LogP contribution is 2.47. The third-order valence-electron chi connectivity index (χ3n) is 6.48. The van der Waals surface area contributed by atoms with Gasteiger partial charge in [-0.3, -0.25) is 4.72 Å². The fourth-order valence-electron chi connectivity index (χ4n) is 4.60. The van der Waals surface area contributed by atoms with E-state index in [-0.39, 0.29) is 21.6 Å². The molecule has 1 aliphatic rings. The summed E-state index contributed by atoms with van der Waals surface area (Å²) in [6.45, 7) is 8.43. The maximum absolute atomic E-state index is 12.8. The zero-order chi connectivity index (χ0) is 23.6. The number of hydrogen-bond donors (Lipinski definition) is 1. The molecule has 0 saturated carbocycles. The highest BCUT2D eigenvalue weighted by molar-refractivity contribution is 7.92. The molecular weight excluding hydrogens is 451 g/mol. The van der Waals surface area contributed by atoms with Gasteiger partial charge in [0, 0.05) is 5.46 Å². The second-order valence-electron chi connectivity index (χ2n) is 7.80. The first-order chi connectivity index (χ1) is 15.2. The first-order valence-electron chi connectivity index (χ1n) is 10.9. The topological polar surface area (TPSA) is 86.8 Å². The van der Waals surface area contributed by atoms with Gasteiger partial charge in [-0.1, -0.05) is 57.5 Å². The lowest BCUT2D eigenvalue weighted by atomic mass is 9.75. The molecule has 1 saturated heterocycles. The summed E-state index contributed by atoms with van der Waals surface area (Å²) in [6.07, 6.45) is 3.25. The number of rotatable bonds is 9. The van der Waals surface area contributed by atoms with E-state index >= 15 is 0 Å². The van der Waals surface area contributed by atoms with Crippen LogP contribution in [0.15, 0.2) is 41.3 Å². The average Bonchev–Trinajstić information content (AvgIpc) is 3.14. The standard InChI is InChI=1S/C22H30BClN2O5S/c1-6-21(7-2)22(8-3,9-4)31-23(30-21)16-14-15-19(25-20(16)29-5)26-32(27,28)18-13-11-10-12-17(18)24/h10-15H,6-9H2,1-5H3,(H,25,26). The SMILES string of the molecule is CCC1(CC)OB(c2ccc(NS(=O)(=O)c3ccccc3Cl)nc2OC)OC1(CC)CC. The summed E-state index contributed by atoms with van der Waals surface area (Å²) in [6, 6.07) is 9.50. The van der Waals surface area contributed by atoms with Crippen molar-refractivity contribution in [1.82, 2.24) is 4.98 Å². The zero-order valence-electron chi connectivity index (χ0n) is 19.1. The van der Waals surface area contributed by atoms with E-state index in [4.69, 9.17) is 25.6 Å². The number of nitrogens with one attached hydrogen (secondary N) is 1. The van der Waals surface area contributed by atoms with E-state index in [1.807, 2.05) is 0 Å². The molecule has 3 rings (SSSR count). The molecule has 7 nitrogen and oxygen atoms in total. The Hall–Kier alpha value is -1.81. The monoisotopic (exact) mass is 480 g/mol. The van der Waals surface area contributed by atoms with E-state index in [1.165, 1.54) is 19.2 Å². The van der Waals surface area contributed by atoms with Gasteiger partial charge >= 0.3 is 7.12 Å². The Labute approximate surface area is 196 Å². The number of anilines is 1. The van der Waals surface area contributed by atoms with E-state index in [9.17, 15) is 8.42 Å². The van der Waals surface area contributed by atoms with Gasteiger partial charge in [0.15, 0.2) is 0 Å². The minimum atomic E-state index is -3.92. The molecule has 1 aromatic heterocycles. The van der Waals surface area contributed by atoms with Crippen molar-refractivity contribution >= 4 is 40.0 Å². The molecule has 0 atom stereocenters. The fraction of sp³-hybridized carbons (Fsp3) is 0.500. The zero-order valence-corrected chi connectivity index (χ0v) is 20.7. The van der Waals surface area contributed by atoms with Gasteiger partial charge in [0.25, 0.3) is 10.0 Å². The van der Waals surface area contributed by atoms with Crippen LogP contribution < -0.4 is 14.9 Å². The first kappa shape index (κ1) is 24.8. The number of pyridine rings is 1. The van der Waals surface area contributed by atoms with Gasteiger partial charge in [0.1, 0.15) is 10.7 Å². The maximum Gasteiger partial charge on any atom is 0.500 e. The highest BCUT2D eigenvalue weighted by Gasteiger charge is 2.59. The predicted molar refractivity (Wildman–Crippen MR) is 127 cm³/mol. The molecule has 0 spiro atoms. The number of methoxy groups -OCH3 is 1. The fourth-order valence-corrected chi connectivity index (χ4v) is 6.13. The van der Waals surface area contributed by atoms with Crippen molar-refractivity contribution in [3.05, 3.63) is 41.4 Å². The molecule has 0 amide bonds. The van der Waals surface area contributed by atoms with E-state index in [0.29, 0.717) is 5.46 Å². The van der Waals surface area contributed by atoms with Gasteiger partial charge in [-0.05, 0) is 43.9 Å². The van der Waals surface area contributed by atoms with Crippen LogP contribution in [0.4, 0.5) is 5.82 Å². The molecule has 174 valence electrons. The van der Waals surface area contributed by atoms with E-state index in [2.05, 4.69) is 37.4 Å². The molecule has 0 radical (unpaired) electrons. The van der Waals surface area contributed by atoms with Gasteiger partial charge < -0.3 is 14.0 Å². The molecule has 0 aliphatic carbocycles. The largest absolute Gasteiger partial charge is 0.500 e. The maximum atomic E-state index is 12.8. The number of ether oxygens (including phenoxy) is 1. The molecule has 0 unspecified atom stereocenters. The Kier molecular flexibility index (Phi) is 7.44. The van der Waals surface area contributed by atoms with Crippen LogP contribution in [0.1, 0.15) is 53.4 Å². The Balaban J connectivity index is 1.94. The smallest absolute Gasteiger partial charge is 0.481 e. The first-order valence-corrected chi connectivity index (χ1v) is 12.8. The van der Waals surface area contributed by atoms with Gasteiger partial charge in [0.05, 0.1) is 23.3 Å². The van der Waals surface area contributed by atoms with Crippen molar-refractivity contribution in [2.45, 2.75) is 69.5 Å². The van der Waals surface area contributed by atoms with Gasteiger partial charge in [0.2, 0.25) is 5.88 Å². The normalized spacial score (nSPS) is 17.4. The van der Waals surface area contributed by atoms with Crippen LogP contribution in [0.25, 0.3) is 0 Å². The van der Waals surface area contributed by atoms with E-state index in [0.717, 1.165) is 25.7 Å². The van der Waals surface area contributed by atoms with Crippen LogP contribution in [-0.2, 0) is 19.3 Å². The Morgan fingerprint density at radius 3 is 2.06 bits per heavy atom. The highest BCUT2D eigenvalue weighted by atomic mass is 35.5. The summed E-state index contributed by atoms with van der Waals surface area (Å²) < 4.78 is 46.5. The molecule has 1 N–H and O–H groups in total. The van der Waals surface area contributed by atoms with Crippen molar-refractivity contribution < 1.29 is 22.5 Å². The van der Waals surface area contributed by atoms with Gasteiger partial charge in [-0.25, -0.2) is 8.42 Å². The minimum absolute atomic E-state index is 0.0275. The number of halogens is 1. The summed E-state index contributed by atoms with van der Waals surface area (Å²) in [5, 5.41) is 0.127. The molecule has 2 aromatic rings. The Bertz CT molecular complexity index is 1040. The predicted octanol–water partition coefficient (Wildman–Crippen LogP) is 4.40. The summed E-state index contributed by atoms with van der Waals surface area (Å²) in [5.74, 6) is 0.344. The Morgan fingerprint density at radius 2 is 1.56 bits per heavy atom. The number of hydrogen-bond acceptors (Lipinski definition) is 6. The number of aromatic nitrogens is 1. The van der Waals surface area contributed by atoms with Crippen LogP contribution in [0.5, 0.6) is 5.88 Å². The molecule has 1 aromatic carbocycles. The quantitative estimate of drug-likeness (QED) is 0.535. The summed E-state index contributed by atoms with van der Waals surface area (Å²) in [4.78, 5) is 4.33. The average molecular weight is 481 g/mol. The second-order valence-corrected chi connectivity index (χ2v) is 9.86. The number of nitrogens with zero attached hydrogens (tertiary/aromatic N) is 1. The van der Waals surface area contributed by atoms with Crippen LogP contribution in [0.3, 0.4) is 0 Å². The second kappa shape index (κ2) is 9.59. The van der Waals surface area contributed by atoms with Crippen molar-refractivity contribution in [3.8, 4) is 5.88 Å². The number of sulfonamides is 1. The number of benzene rings is 1. The van der Waals surface area contributed by atoms with Crippen molar-refractivity contribution in [2.24, 2.45) is 0 Å². The van der Waals surface area contributed by atoms with Crippen molar-refractivity contribution in [2.75, 3.05) is 11.8 Å². The van der Waals surface area contributed by atoms with Gasteiger partial charge in [-0.15, -0.1) is 0 Å². The lowest BCUT2D eigenvalue weighted by molar-refractivity contribution is -0.0601. The molecule has 1 fully saturated rings. The minimum Gasteiger partial charge on any atom is -0.481 e. The lowest BCUT2D eigenvalue weighted by Crippen LogP contribution is -2.50. The summed E-state index contributed by atoms with van der Waals surface area (Å²) in [5.41, 5.74) is -0.226. The summed E-state index contributed by atoms with van der Waals surface area (Å²) in [7, 11) is -3.10. The molecule has 10 heteroatoms.